The Kier molecular flexibility index (Phi) is 4.32. The topological polar surface area (TPSA) is 81.9 Å². The summed E-state index contributed by atoms with van der Waals surface area (Å²) in [7, 11) is 0. The number of carbonyl (C=O) groups excluding carboxylic acids is 1. The lowest BCUT2D eigenvalue weighted by atomic mass is 10.1. The number of rotatable bonds is 3. The average Bonchev–Trinajstić information content (AvgIpc) is 2.90. The predicted octanol–water partition coefficient (Wildman–Crippen LogP) is 2.48. The fourth-order valence-electron chi connectivity index (χ4n) is 1.68. The number of hydrogen-bond acceptors (Lipinski definition) is 5. The number of halogens is 2. The van der Waals surface area contributed by atoms with Gasteiger partial charge in [0.15, 0.2) is 6.33 Å². The van der Waals surface area contributed by atoms with Gasteiger partial charge in [-0.3, -0.25) is 5.32 Å². The van der Waals surface area contributed by atoms with E-state index in [4.69, 9.17) is 16.3 Å². The maximum atomic E-state index is 15.4. The van der Waals surface area contributed by atoms with Crippen LogP contribution in [-0.2, 0) is 10.7 Å². The highest BCUT2D eigenvalue weighted by Gasteiger charge is 2.40. The minimum atomic E-state index is -2.58. The lowest BCUT2D eigenvalue weighted by molar-refractivity contribution is 0.00456. The van der Waals surface area contributed by atoms with E-state index in [1.54, 1.807) is 32.9 Å². The van der Waals surface area contributed by atoms with Crippen LogP contribution < -0.4 is 5.32 Å². The van der Waals surface area contributed by atoms with Crippen molar-refractivity contribution in [3.8, 4) is 0 Å². The van der Waals surface area contributed by atoms with Crippen molar-refractivity contribution >= 4 is 17.7 Å². The quantitative estimate of drug-likeness (QED) is 0.876. The number of alkyl halides is 1. The van der Waals surface area contributed by atoms with E-state index in [1.807, 2.05) is 0 Å². The molecule has 0 fully saturated rings. The Labute approximate surface area is 131 Å². The first-order chi connectivity index (χ1) is 10.2. The first-order valence-electron chi connectivity index (χ1n) is 6.40. The Balaban J connectivity index is 2.37. The summed E-state index contributed by atoms with van der Waals surface area (Å²) in [6.07, 6.45) is 0.0858. The SMILES string of the molecule is CC(C)(C)OC(=O)NC(F)(c1cccc(Cl)c1)n1ncnn1. The number of aromatic nitrogens is 4. The van der Waals surface area contributed by atoms with Crippen molar-refractivity contribution in [1.82, 2.24) is 25.5 Å². The summed E-state index contributed by atoms with van der Waals surface area (Å²) in [5.41, 5.74) is -0.751. The zero-order valence-electron chi connectivity index (χ0n) is 12.2. The van der Waals surface area contributed by atoms with Crippen LogP contribution in [0.5, 0.6) is 0 Å². The van der Waals surface area contributed by atoms with Gasteiger partial charge in [-0.1, -0.05) is 23.7 Å². The largest absolute Gasteiger partial charge is 0.444 e. The van der Waals surface area contributed by atoms with E-state index in [2.05, 4.69) is 20.7 Å². The van der Waals surface area contributed by atoms with Crippen molar-refractivity contribution in [1.29, 1.82) is 0 Å². The zero-order valence-corrected chi connectivity index (χ0v) is 13.0. The summed E-state index contributed by atoms with van der Waals surface area (Å²) < 4.78 is 20.5. The number of amides is 1. The highest BCUT2D eigenvalue weighted by atomic mass is 35.5. The lowest BCUT2D eigenvalue weighted by Gasteiger charge is -2.27. The summed E-state index contributed by atoms with van der Waals surface area (Å²) in [4.78, 5) is 12.6. The number of alkyl carbamates (subject to hydrolysis) is 1. The van der Waals surface area contributed by atoms with Gasteiger partial charge in [0.2, 0.25) is 0 Å². The molecule has 0 aliphatic carbocycles. The number of benzene rings is 1. The molecule has 2 rings (SSSR count). The normalized spacial score (nSPS) is 14.2. The Morgan fingerprint density at radius 2 is 2.14 bits per heavy atom. The Morgan fingerprint density at radius 1 is 1.41 bits per heavy atom. The van der Waals surface area contributed by atoms with E-state index in [9.17, 15) is 4.79 Å². The molecule has 0 aliphatic heterocycles. The molecule has 0 radical (unpaired) electrons. The fraction of sp³-hybridized carbons (Fsp3) is 0.385. The molecule has 1 heterocycles. The third-order valence-corrected chi connectivity index (χ3v) is 2.73. The van der Waals surface area contributed by atoms with Crippen molar-refractivity contribution in [2.75, 3.05) is 0 Å². The van der Waals surface area contributed by atoms with Crippen molar-refractivity contribution in [2.24, 2.45) is 0 Å². The van der Waals surface area contributed by atoms with Crippen LogP contribution in [0.3, 0.4) is 0 Å². The molecular weight excluding hydrogens is 313 g/mol. The van der Waals surface area contributed by atoms with Crippen LogP contribution in [0.25, 0.3) is 0 Å². The summed E-state index contributed by atoms with van der Waals surface area (Å²) in [6.45, 7) is 5.00. The van der Waals surface area contributed by atoms with Crippen molar-refractivity contribution in [3.63, 3.8) is 0 Å². The van der Waals surface area contributed by atoms with E-state index in [0.29, 0.717) is 9.82 Å². The molecule has 0 spiro atoms. The van der Waals surface area contributed by atoms with Crippen molar-refractivity contribution in [3.05, 3.63) is 41.2 Å². The third-order valence-electron chi connectivity index (χ3n) is 2.50. The summed E-state index contributed by atoms with van der Waals surface area (Å²) in [6, 6.07) is 5.91. The maximum absolute atomic E-state index is 15.4. The molecule has 0 aliphatic rings. The van der Waals surface area contributed by atoms with Gasteiger partial charge in [-0.2, -0.15) is 4.39 Å². The van der Waals surface area contributed by atoms with Crippen LogP contribution in [-0.4, -0.2) is 31.9 Å². The first-order valence-corrected chi connectivity index (χ1v) is 6.78. The first kappa shape index (κ1) is 16.2. The van der Waals surface area contributed by atoms with Gasteiger partial charge >= 0.3 is 12.0 Å². The van der Waals surface area contributed by atoms with Gasteiger partial charge in [0, 0.05) is 10.6 Å². The molecule has 0 saturated heterocycles. The summed E-state index contributed by atoms with van der Waals surface area (Å²) >= 11 is 5.88. The van der Waals surface area contributed by atoms with Gasteiger partial charge in [0.1, 0.15) is 5.60 Å². The van der Waals surface area contributed by atoms with Crippen LogP contribution in [0.2, 0.25) is 5.02 Å². The maximum Gasteiger partial charge on any atom is 0.411 e. The summed E-state index contributed by atoms with van der Waals surface area (Å²) in [5, 5.41) is 13.0. The predicted molar refractivity (Wildman–Crippen MR) is 76.8 cm³/mol. The number of carbonyl (C=O) groups is 1. The average molecular weight is 328 g/mol. The standard InChI is InChI=1S/C13H15ClFN5O2/c1-12(2,3)22-11(21)18-13(15,20-17-8-16-19-20)9-5-4-6-10(14)7-9/h4-8H,1-3H3,(H,18,21). The number of tetrazole rings is 1. The molecule has 7 nitrogen and oxygen atoms in total. The molecule has 1 amide bonds. The highest BCUT2D eigenvalue weighted by Crippen LogP contribution is 2.26. The molecule has 0 saturated carbocycles. The molecule has 1 N–H and O–H groups in total. The number of nitrogens with one attached hydrogen (secondary N) is 1. The zero-order chi connectivity index (χ0) is 16.4. The van der Waals surface area contributed by atoms with Crippen LogP contribution >= 0.6 is 11.6 Å². The molecule has 1 atom stereocenters. The number of hydrogen-bond donors (Lipinski definition) is 1. The molecule has 118 valence electrons. The second-order valence-electron chi connectivity index (χ2n) is 5.48. The van der Waals surface area contributed by atoms with Crippen LogP contribution in [0.1, 0.15) is 26.3 Å². The van der Waals surface area contributed by atoms with E-state index < -0.39 is 17.6 Å². The third kappa shape index (κ3) is 3.70. The smallest absolute Gasteiger partial charge is 0.411 e. The molecule has 0 bridgehead atoms. The molecule has 22 heavy (non-hydrogen) atoms. The second kappa shape index (κ2) is 5.88. The Bertz CT molecular complexity index is 659. The molecule has 1 unspecified atom stereocenters. The van der Waals surface area contributed by atoms with E-state index >= 15 is 4.39 Å². The van der Waals surface area contributed by atoms with Gasteiger partial charge in [-0.15, -0.1) is 15.0 Å². The van der Waals surface area contributed by atoms with Gasteiger partial charge in [0.25, 0.3) is 0 Å². The summed E-state index contributed by atoms with van der Waals surface area (Å²) in [5.74, 6) is -2.58. The molecule has 9 heteroatoms. The van der Waals surface area contributed by atoms with Crippen molar-refractivity contribution < 1.29 is 13.9 Å². The van der Waals surface area contributed by atoms with E-state index in [-0.39, 0.29) is 5.56 Å². The Hall–Kier alpha value is -2.22. The van der Waals surface area contributed by atoms with Gasteiger partial charge in [0.05, 0.1) is 0 Å². The van der Waals surface area contributed by atoms with E-state index in [1.165, 1.54) is 12.1 Å². The monoisotopic (exact) mass is 327 g/mol. The minimum absolute atomic E-state index is 0.0314. The van der Waals surface area contributed by atoms with Gasteiger partial charge in [-0.25, -0.2) is 4.79 Å². The fourth-order valence-corrected chi connectivity index (χ4v) is 1.87. The Morgan fingerprint density at radius 3 is 2.68 bits per heavy atom. The van der Waals surface area contributed by atoms with Crippen LogP contribution in [0.4, 0.5) is 9.18 Å². The minimum Gasteiger partial charge on any atom is -0.444 e. The van der Waals surface area contributed by atoms with Crippen LogP contribution in [0, 0.1) is 0 Å². The number of ether oxygens (including phenoxy) is 1. The molecular formula is C13H15ClFN5O2. The van der Waals surface area contributed by atoms with Crippen molar-refractivity contribution in [2.45, 2.75) is 32.3 Å². The molecule has 1 aromatic carbocycles. The van der Waals surface area contributed by atoms with Gasteiger partial charge < -0.3 is 4.74 Å². The van der Waals surface area contributed by atoms with E-state index in [0.717, 1.165) is 6.33 Å². The van der Waals surface area contributed by atoms with Gasteiger partial charge in [-0.05, 0) is 38.1 Å². The van der Waals surface area contributed by atoms with Crippen LogP contribution in [0.15, 0.2) is 30.6 Å². The molecule has 2 aromatic rings. The number of nitrogens with zero attached hydrogens (tertiary/aromatic N) is 4. The lowest BCUT2D eigenvalue weighted by Crippen LogP contribution is -2.50. The molecule has 1 aromatic heterocycles. The second-order valence-corrected chi connectivity index (χ2v) is 5.92. The highest BCUT2D eigenvalue weighted by molar-refractivity contribution is 6.30.